The Labute approximate surface area is 108 Å². The molecule has 0 spiro atoms. The SMILES string of the molecule is Cc1cc(F)ccc1-c1nc(Cl)c(C)c(Cl)n1. The minimum Gasteiger partial charge on any atom is -0.216 e. The van der Waals surface area contributed by atoms with Crippen LogP contribution in [0.2, 0.25) is 10.3 Å². The second kappa shape index (κ2) is 4.59. The third kappa shape index (κ3) is 2.40. The molecule has 0 saturated heterocycles. The van der Waals surface area contributed by atoms with Gasteiger partial charge in [-0.2, -0.15) is 0 Å². The van der Waals surface area contributed by atoms with Crippen LogP contribution in [0.15, 0.2) is 18.2 Å². The molecule has 2 rings (SSSR count). The van der Waals surface area contributed by atoms with Gasteiger partial charge in [-0.05, 0) is 37.6 Å². The van der Waals surface area contributed by atoms with Gasteiger partial charge in [0.2, 0.25) is 0 Å². The second-order valence-electron chi connectivity index (χ2n) is 3.71. The molecule has 5 heteroatoms. The van der Waals surface area contributed by atoms with E-state index in [4.69, 9.17) is 23.2 Å². The number of aryl methyl sites for hydroxylation is 1. The summed E-state index contributed by atoms with van der Waals surface area (Å²) in [7, 11) is 0. The van der Waals surface area contributed by atoms with E-state index in [9.17, 15) is 4.39 Å². The molecule has 17 heavy (non-hydrogen) atoms. The Balaban J connectivity index is 2.61. The largest absolute Gasteiger partial charge is 0.216 e. The summed E-state index contributed by atoms with van der Waals surface area (Å²) in [6.45, 7) is 3.52. The van der Waals surface area contributed by atoms with Crippen LogP contribution < -0.4 is 0 Å². The fourth-order valence-corrected chi connectivity index (χ4v) is 1.85. The van der Waals surface area contributed by atoms with Crippen molar-refractivity contribution in [2.24, 2.45) is 0 Å². The van der Waals surface area contributed by atoms with Crippen LogP contribution in [0, 0.1) is 19.7 Å². The Morgan fingerprint density at radius 2 is 1.65 bits per heavy atom. The summed E-state index contributed by atoms with van der Waals surface area (Å²) in [5.41, 5.74) is 2.09. The van der Waals surface area contributed by atoms with E-state index in [2.05, 4.69) is 9.97 Å². The molecule has 0 bridgehead atoms. The third-order valence-corrected chi connectivity index (χ3v) is 3.19. The number of aromatic nitrogens is 2. The van der Waals surface area contributed by atoms with Crippen molar-refractivity contribution in [3.63, 3.8) is 0 Å². The van der Waals surface area contributed by atoms with Gasteiger partial charge in [-0.1, -0.05) is 23.2 Å². The Bertz CT molecular complexity index is 562. The maximum absolute atomic E-state index is 13.0. The minimum atomic E-state index is -0.296. The predicted octanol–water partition coefficient (Wildman–Crippen LogP) is 4.21. The molecule has 0 radical (unpaired) electrons. The van der Waals surface area contributed by atoms with Crippen molar-refractivity contribution in [2.45, 2.75) is 13.8 Å². The highest BCUT2D eigenvalue weighted by Gasteiger charge is 2.11. The summed E-state index contributed by atoms with van der Waals surface area (Å²) in [6.07, 6.45) is 0. The van der Waals surface area contributed by atoms with Crippen molar-refractivity contribution < 1.29 is 4.39 Å². The first-order chi connectivity index (χ1) is 7.99. The molecule has 2 nitrogen and oxygen atoms in total. The molecule has 2 aromatic rings. The molecule has 0 atom stereocenters. The topological polar surface area (TPSA) is 25.8 Å². The van der Waals surface area contributed by atoms with Gasteiger partial charge in [0.1, 0.15) is 16.1 Å². The Kier molecular flexibility index (Phi) is 3.31. The molecule has 0 N–H and O–H groups in total. The lowest BCUT2D eigenvalue weighted by molar-refractivity contribution is 0.627. The maximum Gasteiger partial charge on any atom is 0.162 e. The molecule has 1 heterocycles. The normalized spacial score (nSPS) is 10.6. The molecule has 0 aliphatic carbocycles. The zero-order valence-corrected chi connectivity index (χ0v) is 10.8. The van der Waals surface area contributed by atoms with Crippen LogP contribution in [0.1, 0.15) is 11.1 Å². The van der Waals surface area contributed by atoms with Crippen LogP contribution in [-0.2, 0) is 0 Å². The van der Waals surface area contributed by atoms with Crippen LogP contribution in [0.5, 0.6) is 0 Å². The molecule has 0 aliphatic rings. The van der Waals surface area contributed by atoms with Crippen molar-refractivity contribution in [2.75, 3.05) is 0 Å². The minimum absolute atomic E-state index is 0.296. The van der Waals surface area contributed by atoms with E-state index in [0.717, 1.165) is 11.1 Å². The van der Waals surface area contributed by atoms with Gasteiger partial charge in [0.25, 0.3) is 0 Å². The van der Waals surface area contributed by atoms with Gasteiger partial charge in [-0.3, -0.25) is 0 Å². The molecule has 0 amide bonds. The molecule has 1 aromatic heterocycles. The number of hydrogen-bond acceptors (Lipinski definition) is 2. The molecule has 0 aliphatic heterocycles. The average Bonchev–Trinajstić information content (AvgIpc) is 2.25. The third-order valence-electron chi connectivity index (χ3n) is 2.46. The van der Waals surface area contributed by atoms with E-state index < -0.39 is 0 Å². The number of halogens is 3. The van der Waals surface area contributed by atoms with E-state index in [0.29, 0.717) is 21.7 Å². The molecule has 0 saturated carbocycles. The highest BCUT2D eigenvalue weighted by molar-refractivity contribution is 6.34. The number of nitrogens with zero attached hydrogens (tertiary/aromatic N) is 2. The first-order valence-corrected chi connectivity index (χ1v) is 5.71. The van der Waals surface area contributed by atoms with Gasteiger partial charge >= 0.3 is 0 Å². The maximum atomic E-state index is 13.0. The predicted molar refractivity (Wildman–Crippen MR) is 66.9 cm³/mol. The number of hydrogen-bond donors (Lipinski definition) is 0. The lowest BCUT2D eigenvalue weighted by atomic mass is 10.1. The monoisotopic (exact) mass is 270 g/mol. The van der Waals surface area contributed by atoms with Crippen molar-refractivity contribution in [1.82, 2.24) is 9.97 Å². The molecule has 0 unspecified atom stereocenters. The molecule has 0 fully saturated rings. The standard InChI is InChI=1S/C12H9Cl2FN2/c1-6-5-8(15)3-4-9(6)12-16-10(13)7(2)11(14)17-12/h3-5H,1-2H3. The lowest BCUT2D eigenvalue weighted by Crippen LogP contribution is -1.96. The quantitative estimate of drug-likeness (QED) is 0.726. The van der Waals surface area contributed by atoms with Crippen molar-refractivity contribution in [1.29, 1.82) is 0 Å². The Morgan fingerprint density at radius 1 is 1.06 bits per heavy atom. The van der Waals surface area contributed by atoms with E-state index in [1.165, 1.54) is 12.1 Å². The van der Waals surface area contributed by atoms with Crippen molar-refractivity contribution >= 4 is 23.2 Å². The summed E-state index contributed by atoms with van der Waals surface area (Å²) in [6, 6.07) is 4.38. The molecular formula is C12H9Cl2FN2. The zero-order valence-electron chi connectivity index (χ0n) is 9.26. The Morgan fingerprint density at radius 3 is 2.18 bits per heavy atom. The first-order valence-electron chi connectivity index (χ1n) is 4.95. The summed E-state index contributed by atoms with van der Waals surface area (Å²) in [5, 5.41) is 0.618. The second-order valence-corrected chi connectivity index (χ2v) is 4.43. The summed E-state index contributed by atoms with van der Waals surface area (Å²) < 4.78 is 13.0. The zero-order chi connectivity index (χ0) is 12.6. The van der Waals surface area contributed by atoms with E-state index in [-0.39, 0.29) is 5.82 Å². The highest BCUT2D eigenvalue weighted by atomic mass is 35.5. The fourth-order valence-electron chi connectivity index (χ4n) is 1.46. The number of benzene rings is 1. The van der Waals surface area contributed by atoms with Crippen molar-refractivity contribution in [3.8, 4) is 11.4 Å². The van der Waals surface area contributed by atoms with E-state index in [1.807, 2.05) is 0 Å². The smallest absolute Gasteiger partial charge is 0.162 e. The van der Waals surface area contributed by atoms with Crippen LogP contribution in [-0.4, -0.2) is 9.97 Å². The molecule has 88 valence electrons. The van der Waals surface area contributed by atoms with Gasteiger partial charge < -0.3 is 0 Å². The first kappa shape index (κ1) is 12.3. The van der Waals surface area contributed by atoms with Gasteiger partial charge in [-0.25, -0.2) is 14.4 Å². The van der Waals surface area contributed by atoms with Crippen LogP contribution in [0.25, 0.3) is 11.4 Å². The van der Waals surface area contributed by atoms with Gasteiger partial charge in [0.05, 0.1) is 0 Å². The molecular weight excluding hydrogens is 262 g/mol. The van der Waals surface area contributed by atoms with E-state index in [1.54, 1.807) is 19.9 Å². The van der Waals surface area contributed by atoms with Crippen molar-refractivity contribution in [3.05, 3.63) is 45.4 Å². The van der Waals surface area contributed by atoms with Gasteiger partial charge in [0.15, 0.2) is 5.82 Å². The summed E-state index contributed by atoms with van der Waals surface area (Å²) in [4.78, 5) is 8.28. The fraction of sp³-hybridized carbons (Fsp3) is 0.167. The lowest BCUT2D eigenvalue weighted by Gasteiger charge is -2.07. The summed E-state index contributed by atoms with van der Waals surface area (Å²) >= 11 is 11.9. The van der Waals surface area contributed by atoms with Crippen LogP contribution in [0.3, 0.4) is 0 Å². The van der Waals surface area contributed by atoms with Gasteiger partial charge in [0, 0.05) is 11.1 Å². The number of rotatable bonds is 1. The highest BCUT2D eigenvalue weighted by Crippen LogP contribution is 2.26. The van der Waals surface area contributed by atoms with Crippen LogP contribution in [0.4, 0.5) is 4.39 Å². The summed E-state index contributed by atoms with van der Waals surface area (Å²) in [5.74, 6) is 0.110. The Hall–Kier alpha value is -1.19. The average molecular weight is 271 g/mol. The van der Waals surface area contributed by atoms with Gasteiger partial charge in [-0.15, -0.1) is 0 Å². The van der Waals surface area contributed by atoms with E-state index >= 15 is 0 Å². The molecule has 1 aromatic carbocycles. The van der Waals surface area contributed by atoms with Crippen LogP contribution >= 0.6 is 23.2 Å².